The van der Waals surface area contributed by atoms with Gasteiger partial charge in [-0.25, -0.2) is 5.01 Å². The highest BCUT2D eigenvalue weighted by Gasteiger charge is 2.30. The Bertz CT molecular complexity index is 1710. The lowest BCUT2D eigenvalue weighted by atomic mass is 9.78. The number of benzene rings is 5. The fourth-order valence-corrected chi connectivity index (χ4v) is 5.69. The first-order valence-corrected chi connectivity index (χ1v) is 15.2. The Morgan fingerprint density at radius 3 is 1.53 bits per heavy atom. The minimum absolute atomic E-state index is 0.0175. The van der Waals surface area contributed by atoms with E-state index in [-0.39, 0.29) is 10.8 Å². The van der Waals surface area contributed by atoms with Crippen LogP contribution in [0.25, 0.3) is 22.3 Å². The highest BCUT2D eigenvalue weighted by atomic mass is 15.6. The summed E-state index contributed by atoms with van der Waals surface area (Å²) < 4.78 is 0. The number of para-hydroxylation sites is 2. The minimum atomic E-state index is 0.0175. The standard InChI is InChI=1S/C40H41N3/c1-39(2,3)32-25-31(26-33(27-32)40(4,5)6)36-24-16-23-35(29-17-10-7-11-18-29)37(36)43-28-42(34-21-14-9-15-22-34)38(41-43)30-19-12-8-13-20-30/h7-27H,28H2,1-6H3. The van der Waals surface area contributed by atoms with E-state index in [9.17, 15) is 0 Å². The Balaban J connectivity index is 1.60. The Hall–Kier alpha value is -4.63. The molecular formula is C40H41N3. The van der Waals surface area contributed by atoms with Crippen LogP contribution in [-0.4, -0.2) is 12.5 Å². The summed E-state index contributed by atoms with van der Waals surface area (Å²) in [6.45, 7) is 14.4. The molecular weight excluding hydrogens is 522 g/mol. The molecule has 0 aromatic heterocycles. The third kappa shape index (κ3) is 5.85. The Kier molecular flexibility index (Phi) is 7.43. The second-order valence-corrected chi connectivity index (χ2v) is 13.5. The monoisotopic (exact) mass is 563 g/mol. The van der Waals surface area contributed by atoms with Crippen molar-refractivity contribution < 1.29 is 0 Å². The molecule has 5 aromatic carbocycles. The zero-order valence-electron chi connectivity index (χ0n) is 26.2. The van der Waals surface area contributed by atoms with Crippen molar-refractivity contribution in [2.75, 3.05) is 16.6 Å². The van der Waals surface area contributed by atoms with E-state index in [1.807, 2.05) is 0 Å². The summed E-state index contributed by atoms with van der Waals surface area (Å²) in [5.74, 6) is 0.944. The lowest BCUT2D eigenvalue weighted by Crippen LogP contribution is -2.31. The molecule has 5 aromatic rings. The molecule has 6 rings (SSSR count). The van der Waals surface area contributed by atoms with Gasteiger partial charge in [-0.05, 0) is 45.2 Å². The fourth-order valence-electron chi connectivity index (χ4n) is 5.69. The molecule has 0 unspecified atom stereocenters. The van der Waals surface area contributed by atoms with Crippen LogP contribution in [0.4, 0.5) is 11.4 Å². The van der Waals surface area contributed by atoms with Crippen LogP contribution >= 0.6 is 0 Å². The molecule has 3 heteroatoms. The second-order valence-electron chi connectivity index (χ2n) is 13.5. The van der Waals surface area contributed by atoms with E-state index in [1.54, 1.807) is 0 Å². The van der Waals surface area contributed by atoms with Crippen molar-refractivity contribution in [3.8, 4) is 22.3 Å². The molecule has 0 saturated carbocycles. The zero-order chi connectivity index (χ0) is 30.2. The van der Waals surface area contributed by atoms with E-state index in [2.05, 4.69) is 179 Å². The zero-order valence-corrected chi connectivity index (χ0v) is 26.2. The lowest BCUT2D eigenvalue weighted by Gasteiger charge is -2.28. The van der Waals surface area contributed by atoms with Gasteiger partial charge in [-0.3, -0.25) is 0 Å². The van der Waals surface area contributed by atoms with Gasteiger partial charge in [0, 0.05) is 22.4 Å². The van der Waals surface area contributed by atoms with Crippen molar-refractivity contribution >= 4 is 17.2 Å². The number of rotatable bonds is 5. The molecule has 0 amide bonds. The van der Waals surface area contributed by atoms with Crippen molar-refractivity contribution in [2.24, 2.45) is 5.10 Å². The Morgan fingerprint density at radius 2 is 1.00 bits per heavy atom. The van der Waals surface area contributed by atoms with E-state index < -0.39 is 0 Å². The van der Waals surface area contributed by atoms with Gasteiger partial charge < -0.3 is 4.90 Å². The maximum absolute atomic E-state index is 5.38. The maximum Gasteiger partial charge on any atom is 0.162 e. The minimum Gasteiger partial charge on any atom is -0.304 e. The van der Waals surface area contributed by atoms with Gasteiger partial charge in [-0.2, -0.15) is 5.10 Å². The van der Waals surface area contributed by atoms with Gasteiger partial charge in [0.25, 0.3) is 0 Å². The summed E-state index contributed by atoms with van der Waals surface area (Å²) in [5.41, 5.74) is 10.8. The second kappa shape index (κ2) is 11.2. The molecule has 0 spiro atoms. The van der Waals surface area contributed by atoms with Gasteiger partial charge in [0.2, 0.25) is 0 Å². The Morgan fingerprint density at radius 1 is 0.512 bits per heavy atom. The highest BCUT2D eigenvalue weighted by molar-refractivity contribution is 6.12. The van der Waals surface area contributed by atoms with Crippen LogP contribution < -0.4 is 9.91 Å². The molecule has 0 N–H and O–H groups in total. The van der Waals surface area contributed by atoms with Crippen LogP contribution in [0, 0.1) is 0 Å². The maximum atomic E-state index is 5.38. The van der Waals surface area contributed by atoms with Crippen LogP contribution in [0.2, 0.25) is 0 Å². The van der Waals surface area contributed by atoms with Gasteiger partial charge in [-0.15, -0.1) is 0 Å². The average molecular weight is 564 g/mol. The molecule has 0 radical (unpaired) electrons. The summed E-state index contributed by atoms with van der Waals surface area (Å²) in [5, 5.41) is 7.58. The number of hydrogen-bond acceptors (Lipinski definition) is 3. The molecule has 1 aliphatic rings. The summed E-state index contributed by atoms with van der Waals surface area (Å²) in [6.07, 6.45) is 0. The molecule has 3 nitrogen and oxygen atoms in total. The molecule has 0 aliphatic carbocycles. The summed E-state index contributed by atoms with van der Waals surface area (Å²) >= 11 is 0. The van der Waals surface area contributed by atoms with Crippen molar-refractivity contribution in [1.82, 2.24) is 0 Å². The van der Waals surface area contributed by atoms with Gasteiger partial charge in [0.1, 0.15) is 6.67 Å². The van der Waals surface area contributed by atoms with Crippen LogP contribution in [0.3, 0.4) is 0 Å². The number of amidine groups is 1. The van der Waals surface area contributed by atoms with Crippen molar-refractivity contribution in [3.05, 3.63) is 144 Å². The van der Waals surface area contributed by atoms with Crippen LogP contribution in [0.1, 0.15) is 58.2 Å². The van der Waals surface area contributed by atoms with E-state index in [0.29, 0.717) is 6.67 Å². The smallest absolute Gasteiger partial charge is 0.162 e. The van der Waals surface area contributed by atoms with Crippen molar-refractivity contribution in [2.45, 2.75) is 52.4 Å². The van der Waals surface area contributed by atoms with Crippen LogP contribution in [0.15, 0.2) is 132 Å². The number of anilines is 2. The van der Waals surface area contributed by atoms with Gasteiger partial charge in [0.05, 0.1) is 5.69 Å². The van der Waals surface area contributed by atoms with Crippen LogP contribution in [-0.2, 0) is 10.8 Å². The average Bonchev–Trinajstić information content (AvgIpc) is 3.46. The van der Waals surface area contributed by atoms with E-state index >= 15 is 0 Å². The molecule has 1 aliphatic heterocycles. The topological polar surface area (TPSA) is 18.8 Å². The third-order valence-electron chi connectivity index (χ3n) is 8.20. The van der Waals surface area contributed by atoms with Crippen molar-refractivity contribution in [1.29, 1.82) is 0 Å². The van der Waals surface area contributed by atoms with Gasteiger partial charge in [-0.1, -0.05) is 157 Å². The molecule has 43 heavy (non-hydrogen) atoms. The predicted molar refractivity (Wildman–Crippen MR) is 184 cm³/mol. The molecule has 0 atom stereocenters. The normalized spacial score (nSPS) is 13.8. The quantitative estimate of drug-likeness (QED) is 0.212. The third-order valence-corrected chi connectivity index (χ3v) is 8.20. The number of hydrogen-bond donors (Lipinski definition) is 0. The summed E-state index contributed by atoms with van der Waals surface area (Å²) in [6, 6.07) is 45.6. The Labute approximate surface area is 257 Å². The predicted octanol–water partition coefficient (Wildman–Crippen LogP) is 10.3. The number of nitrogens with zero attached hydrogens (tertiary/aromatic N) is 3. The molecule has 0 bridgehead atoms. The molecule has 0 saturated heterocycles. The summed E-state index contributed by atoms with van der Waals surface area (Å²) in [7, 11) is 0. The van der Waals surface area contributed by atoms with Gasteiger partial charge in [0.15, 0.2) is 5.84 Å². The first-order valence-electron chi connectivity index (χ1n) is 15.2. The van der Waals surface area contributed by atoms with Crippen LogP contribution in [0.5, 0.6) is 0 Å². The summed E-state index contributed by atoms with van der Waals surface area (Å²) in [4.78, 5) is 2.31. The largest absolute Gasteiger partial charge is 0.304 e. The van der Waals surface area contributed by atoms with E-state index in [0.717, 1.165) is 22.8 Å². The molecule has 1 heterocycles. The SMILES string of the molecule is CC(C)(C)c1cc(-c2cccc(-c3ccccc3)c2N2CN(c3ccccc3)C(c3ccccc3)=N2)cc(C(C)(C)C)c1. The molecule has 0 fully saturated rings. The lowest BCUT2D eigenvalue weighted by molar-refractivity contribution is 0.569. The van der Waals surface area contributed by atoms with E-state index in [4.69, 9.17) is 5.10 Å². The first-order chi connectivity index (χ1) is 20.6. The van der Waals surface area contributed by atoms with Crippen molar-refractivity contribution in [3.63, 3.8) is 0 Å². The molecule has 216 valence electrons. The highest BCUT2D eigenvalue weighted by Crippen LogP contribution is 2.44. The van der Waals surface area contributed by atoms with Gasteiger partial charge >= 0.3 is 0 Å². The fraction of sp³-hybridized carbons (Fsp3) is 0.225. The van der Waals surface area contributed by atoms with E-state index in [1.165, 1.54) is 33.4 Å². The first kappa shape index (κ1) is 28.5. The number of hydrazone groups is 1.